The molecule has 266 valence electrons. The molecule has 0 radical (unpaired) electrons. The number of carbonyl (C=O) groups is 3. The smallest absolute Gasteiger partial charge is 0.326 e. The largest absolute Gasteiger partial charge is 0.480 e. The van der Waals surface area contributed by atoms with Crippen LogP contribution in [-0.4, -0.2) is 41.6 Å². The van der Waals surface area contributed by atoms with Crippen LogP contribution < -0.4 is 11.1 Å². The van der Waals surface area contributed by atoms with Gasteiger partial charge in [0.1, 0.15) is 12.1 Å². The first kappa shape index (κ1) is 43.6. The van der Waals surface area contributed by atoms with E-state index in [1.165, 1.54) is 64.2 Å². The zero-order valence-corrected chi connectivity index (χ0v) is 29.7. The number of aliphatic carboxylic acids is 1. The second kappa shape index (κ2) is 33.9. The number of carboxylic acids is 1. The van der Waals surface area contributed by atoms with Crippen LogP contribution >= 0.6 is 0 Å². The maximum Gasteiger partial charge on any atom is 0.326 e. The van der Waals surface area contributed by atoms with E-state index in [1.54, 1.807) is 0 Å². The van der Waals surface area contributed by atoms with Crippen LogP contribution in [0.5, 0.6) is 0 Å². The van der Waals surface area contributed by atoms with Crippen molar-refractivity contribution in [2.75, 3.05) is 6.54 Å². The Kier molecular flexibility index (Phi) is 32.2. The maximum atomic E-state index is 12.6. The normalized spacial score (nSPS) is 13.1. The Morgan fingerprint density at radius 2 is 1.20 bits per heavy atom. The Bertz CT molecular complexity index is 823. The lowest BCUT2D eigenvalue weighted by molar-refractivity contribution is -0.147. The van der Waals surface area contributed by atoms with Crippen molar-refractivity contribution < 1.29 is 24.2 Å². The van der Waals surface area contributed by atoms with Gasteiger partial charge >= 0.3 is 11.9 Å². The van der Waals surface area contributed by atoms with E-state index in [2.05, 4.69) is 49.5 Å². The highest BCUT2D eigenvalue weighted by molar-refractivity contribution is 5.83. The minimum absolute atomic E-state index is 0.0986. The molecule has 0 spiro atoms. The molecular formula is C39H70N2O5. The highest BCUT2D eigenvalue weighted by Gasteiger charge is 2.18. The van der Waals surface area contributed by atoms with Crippen molar-refractivity contribution in [3.63, 3.8) is 0 Å². The lowest BCUT2D eigenvalue weighted by Gasteiger charge is -2.15. The number of unbranched alkanes of at least 4 members (excludes halogenated alkanes) is 15. The van der Waals surface area contributed by atoms with Crippen LogP contribution in [0.15, 0.2) is 36.5 Å². The quantitative estimate of drug-likeness (QED) is 0.0371. The first-order valence-corrected chi connectivity index (χ1v) is 18.8. The van der Waals surface area contributed by atoms with Crippen LogP contribution in [0.25, 0.3) is 0 Å². The Labute approximate surface area is 282 Å². The summed E-state index contributed by atoms with van der Waals surface area (Å²) in [6.45, 7) is 4.87. The molecule has 7 nitrogen and oxygen atoms in total. The zero-order chi connectivity index (χ0) is 33.9. The molecule has 0 aromatic rings. The predicted octanol–water partition coefficient (Wildman–Crippen LogP) is 9.89. The average Bonchev–Trinajstić information content (AvgIpc) is 3.03. The minimum atomic E-state index is -1.01. The minimum Gasteiger partial charge on any atom is -0.480 e. The van der Waals surface area contributed by atoms with Gasteiger partial charge in [-0.15, -0.1) is 0 Å². The fourth-order valence-corrected chi connectivity index (χ4v) is 5.32. The molecule has 0 aromatic carbocycles. The van der Waals surface area contributed by atoms with Crippen molar-refractivity contribution in [2.45, 2.75) is 187 Å². The van der Waals surface area contributed by atoms with Gasteiger partial charge in [0.25, 0.3) is 0 Å². The molecule has 0 heterocycles. The van der Waals surface area contributed by atoms with E-state index in [4.69, 9.17) is 10.5 Å². The van der Waals surface area contributed by atoms with Gasteiger partial charge in [0.2, 0.25) is 5.91 Å². The van der Waals surface area contributed by atoms with Crippen LogP contribution in [0.3, 0.4) is 0 Å². The van der Waals surface area contributed by atoms with Gasteiger partial charge in [0, 0.05) is 12.8 Å². The van der Waals surface area contributed by atoms with Gasteiger partial charge in [0.05, 0.1) is 0 Å². The molecule has 0 rings (SSSR count). The van der Waals surface area contributed by atoms with E-state index in [0.717, 1.165) is 70.6 Å². The summed E-state index contributed by atoms with van der Waals surface area (Å²) in [5, 5.41) is 11.9. The summed E-state index contributed by atoms with van der Waals surface area (Å²) in [5.41, 5.74) is 5.46. The number of amides is 1. The van der Waals surface area contributed by atoms with E-state index in [0.29, 0.717) is 32.2 Å². The molecule has 46 heavy (non-hydrogen) atoms. The number of esters is 1. The standard InChI is InChI=1S/C39H70N2O5/c1-3-5-7-9-11-13-14-16-17-20-24-29-35(46-38(43)33-27-23-18-15-12-10-8-6-4-2)30-25-21-19-22-26-32-37(42)41-36(39(44)45)31-28-34-40/h11,13,16-17,24,29,35-36H,3-10,12,14-15,18-23,25-28,30-34,40H2,1-2H3,(H,41,42)(H,44,45)/b13-11-,17-16-,29-24-. The molecule has 2 unspecified atom stereocenters. The number of nitrogens with one attached hydrogen (secondary N) is 1. The molecule has 0 aliphatic rings. The van der Waals surface area contributed by atoms with E-state index in [-0.39, 0.29) is 18.0 Å². The van der Waals surface area contributed by atoms with Crippen molar-refractivity contribution in [2.24, 2.45) is 5.73 Å². The number of nitrogens with two attached hydrogens (primary N) is 1. The highest BCUT2D eigenvalue weighted by Crippen LogP contribution is 2.15. The number of carbonyl (C=O) groups excluding carboxylic acids is 2. The molecule has 0 bridgehead atoms. The van der Waals surface area contributed by atoms with E-state index in [9.17, 15) is 19.5 Å². The molecule has 0 aliphatic carbocycles. The first-order valence-electron chi connectivity index (χ1n) is 18.8. The highest BCUT2D eigenvalue weighted by atomic mass is 16.5. The lowest BCUT2D eigenvalue weighted by atomic mass is 10.1. The van der Waals surface area contributed by atoms with Crippen molar-refractivity contribution in [3.8, 4) is 0 Å². The van der Waals surface area contributed by atoms with Crippen LogP contribution in [0.2, 0.25) is 0 Å². The summed E-state index contributed by atoms with van der Waals surface area (Å²) in [6.07, 6.45) is 37.7. The lowest BCUT2D eigenvalue weighted by Crippen LogP contribution is -2.40. The fourth-order valence-electron chi connectivity index (χ4n) is 5.32. The Morgan fingerprint density at radius 3 is 1.83 bits per heavy atom. The molecule has 4 N–H and O–H groups in total. The monoisotopic (exact) mass is 647 g/mol. The van der Waals surface area contributed by atoms with Gasteiger partial charge in [-0.05, 0) is 76.8 Å². The van der Waals surface area contributed by atoms with Gasteiger partial charge < -0.3 is 20.9 Å². The topological polar surface area (TPSA) is 119 Å². The Balaban J connectivity index is 4.47. The molecule has 1 amide bonds. The fraction of sp³-hybridized carbons (Fsp3) is 0.769. The van der Waals surface area contributed by atoms with Crippen LogP contribution in [-0.2, 0) is 19.1 Å². The number of rotatable bonds is 33. The summed E-state index contributed by atoms with van der Waals surface area (Å²) in [4.78, 5) is 36.1. The molecule has 0 fully saturated rings. The maximum absolute atomic E-state index is 12.6. The summed E-state index contributed by atoms with van der Waals surface area (Å²) in [6, 6.07) is -0.864. The third kappa shape index (κ3) is 30.3. The molecule has 0 saturated carbocycles. The van der Waals surface area contributed by atoms with Crippen molar-refractivity contribution >= 4 is 17.8 Å². The van der Waals surface area contributed by atoms with Crippen LogP contribution in [0.1, 0.15) is 174 Å². The third-order valence-electron chi connectivity index (χ3n) is 8.19. The number of hydrogen-bond donors (Lipinski definition) is 3. The molecule has 2 atom stereocenters. The van der Waals surface area contributed by atoms with Gasteiger partial charge in [0.15, 0.2) is 0 Å². The Hall–Kier alpha value is -2.41. The summed E-state index contributed by atoms with van der Waals surface area (Å²) in [7, 11) is 0. The number of hydrogen-bond acceptors (Lipinski definition) is 5. The molecule has 0 saturated heterocycles. The molecule has 0 aliphatic heterocycles. The second-order valence-corrected chi connectivity index (χ2v) is 12.6. The van der Waals surface area contributed by atoms with Crippen molar-refractivity contribution in [3.05, 3.63) is 36.5 Å². The van der Waals surface area contributed by atoms with Crippen molar-refractivity contribution in [1.29, 1.82) is 0 Å². The first-order chi connectivity index (χ1) is 22.4. The van der Waals surface area contributed by atoms with Gasteiger partial charge in [-0.25, -0.2) is 4.79 Å². The van der Waals surface area contributed by atoms with E-state index >= 15 is 0 Å². The Morgan fingerprint density at radius 1 is 0.652 bits per heavy atom. The zero-order valence-electron chi connectivity index (χ0n) is 29.7. The van der Waals surface area contributed by atoms with E-state index in [1.807, 2.05) is 6.08 Å². The van der Waals surface area contributed by atoms with E-state index < -0.39 is 12.0 Å². The molecule has 7 heteroatoms. The third-order valence-corrected chi connectivity index (χ3v) is 8.19. The van der Waals surface area contributed by atoms with Crippen LogP contribution in [0, 0.1) is 0 Å². The predicted molar refractivity (Wildman–Crippen MR) is 193 cm³/mol. The van der Waals surface area contributed by atoms with Crippen LogP contribution in [0.4, 0.5) is 0 Å². The number of carboxylic acid groups (broad SMARTS) is 1. The van der Waals surface area contributed by atoms with Crippen molar-refractivity contribution in [1.82, 2.24) is 5.32 Å². The summed E-state index contributed by atoms with van der Waals surface area (Å²) in [5.74, 6) is -1.33. The summed E-state index contributed by atoms with van der Waals surface area (Å²) >= 11 is 0. The van der Waals surface area contributed by atoms with Gasteiger partial charge in [-0.3, -0.25) is 9.59 Å². The molecule has 0 aromatic heterocycles. The number of ether oxygens (including phenoxy) is 1. The molecular weight excluding hydrogens is 576 g/mol. The SMILES string of the molecule is CCCCC/C=C\C/C=C\C/C=C\C(CCCCCCCC(=O)NC(CCCN)C(=O)O)OC(=O)CCCCCCCCCCC. The number of allylic oxidation sites excluding steroid dienone is 5. The summed E-state index contributed by atoms with van der Waals surface area (Å²) < 4.78 is 5.89. The van der Waals surface area contributed by atoms with Gasteiger partial charge in [-0.2, -0.15) is 0 Å². The average molecular weight is 647 g/mol. The second-order valence-electron chi connectivity index (χ2n) is 12.6. The van der Waals surface area contributed by atoms with Gasteiger partial charge in [-0.1, -0.05) is 128 Å².